The minimum Gasteiger partial charge on any atom is -0.496 e. The maximum Gasteiger partial charge on any atom is 0.257 e. The van der Waals surface area contributed by atoms with E-state index in [1.165, 1.54) is 0 Å². The van der Waals surface area contributed by atoms with Gasteiger partial charge in [0, 0.05) is 32.7 Å². The monoisotopic (exact) mass is 276 g/mol. The van der Waals surface area contributed by atoms with Gasteiger partial charge in [-0.3, -0.25) is 9.69 Å². The van der Waals surface area contributed by atoms with Crippen molar-refractivity contribution in [2.24, 2.45) is 5.92 Å². The molecule has 1 aliphatic heterocycles. The van der Waals surface area contributed by atoms with E-state index in [4.69, 9.17) is 4.74 Å². The summed E-state index contributed by atoms with van der Waals surface area (Å²) in [6.45, 7) is 9.07. The van der Waals surface area contributed by atoms with Gasteiger partial charge in [0.1, 0.15) is 5.75 Å². The second-order valence-corrected chi connectivity index (χ2v) is 5.69. The Morgan fingerprint density at radius 1 is 1.20 bits per heavy atom. The van der Waals surface area contributed by atoms with Gasteiger partial charge in [0.05, 0.1) is 12.7 Å². The lowest BCUT2D eigenvalue weighted by molar-refractivity contribution is 0.0620. The molecule has 1 amide bonds. The SMILES string of the molecule is COc1ccccc1C(=O)N1CCN(CC(C)C)CC1. The van der Waals surface area contributed by atoms with E-state index in [2.05, 4.69) is 18.7 Å². The van der Waals surface area contributed by atoms with Crippen molar-refractivity contribution >= 4 is 5.91 Å². The first-order valence-corrected chi connectivity index (χ1v) is 7.26. The molecule has 0 bridgehead atoms. The van der Waals surface area contributed by atoms with Gasteiger partial charge in [0.25, 0.3) is 5.91 Å². The van der Waals surface area contributed by atoms with Gasteiger partial charge in [-0.05, 0) is 18.1 Å². The van der Waals surface area contributed by atoms with E-state index in [9.17, 15) is 4.79 Å². The summed E-state index contributed by atoms with van der Waals surface area (Å²) in [5, 5.41) is 0. The zero-order valence-corrected chi connectivity index (χ0v) is 12.6. The first-order chi connectivity index (χ1) is 9.61. The second-order valence-electron chi connectivity index (χ2n) is 5.69. The number of amides is 1. The lowest BCUT2D eigenvalue weighted by Gasteiger charge is -2.35. The van der Waals surface area contributed by atoms with Crippen LogP contribution in [0.2, 0.25) is 0 Å². The molecule has 1 heterocycles. The van der Waals surface area contributed by atoms with Crippen LogP contribution in [-0.4, -0.2) is 55.5 Å². The normalized spacial score (nSPS) is 16.5. The number of ether oxygens (including phenoxy) is 1. The highest BCUT2D eigenvalue weighted by atomic mass is 16.5. The largest absolute Gasteiger partial charge is 0.496 e. The van der Waals surface area contributed by atoms with Crippen LogP contribution < -0.4 is 4.74 Å². The van der Waals surface area contributed by atoms with Crippen molar-refractivity contribution in [1.29, 1.82) is 0 Å². The average molecular weight is 276 g/mol. The highest BCUT2D eigenvalue weighted by Crippen LogP contribution is 2.20. The van der Waals surface area contributed by atoms with Gasteiger partial charge in [-0.25, -0.2) is 0 Å². The number of hydrogen-bond acceptors (Lipinski definition) is 3. The lowest BCUT2D eigenvalue weighted by atomic mass is 10.1. The molecule has 0 aliphatic carbocycles. The Balaban J connectivity index is 1.98. The molecule has 0 radical (unpaired) electrons. The minimum absolute atomic E-state index is 0.0756. The topological polar surface area (TPSA) is 32.8 Å². The van der Waals surface area contributed by atoms with Crippen LogP contribution in [0.3, 0.4) is 0 Å². The number of para-hydroxylation sites is 1. The quantitative estimate of drug-likeness (QED) is 0.844. The van der Waals surface area contributed by atoms with Crippen molar-refractivity contribution in [1.82, 2.24) is 9.80 Å². The Morgan fingerprint density at radius 2 is 1.85 bits per heavy atom. The molecule has 0 aromatic heterocycles. The Morgan fingerprint density at radius 3 is 2.45 bits per heavy atom. The van der Waals surface area contributed by atoms with E-state index in [0.717, 1.165) is 32.7 Å². The van der Waals surface area contributed by atoms with E-state index in [1.807, 2.05) is 29.2 Å². The van der Waals surface area contributed by atoms with Crippen molar-refractivity contribution in [3.05, 3.63) is 29.8 Å². The number of hydrogen-bond donors (Lipinski definition) is 0. The molecule has 1 aromatic rings. The molecule has 0 atom stereocenters. The summed E-state index contributed by atoms with van der Waals surface area (Å²) >= 11 is 0. The van der Waals surface area contributed by atoms with Gasteiger partial charge in [0.15, 0.2) is 0 Å². The fraction of sp³-hybridized carbons (Fsp3) is 0.562. The van der Waals surface area contributed by atoms with Crippen LogP contribution in [0.5, 0.6) is 5.75 Å². The molecule has 20 heavy (non-hydrogen) atoms. The summed E-state index contributed by atoms with van der Waals surface area (Å²) < 4.78 is 5.27. The molecule has 2 rings (SSSR count). The van der Waals surface area contributed by atoms with Gasteiger partial charge >= 0.3 is 0 Å². The van der Waals surface area contributed by atoms with Crippen LogP contribution in [-0.2, 0) is 0 Å². The van der Waals surface area contributed by atoms with Crippen LogP contribution in [0, 0.1) is 5.92 Å². The van der Waals surface area contributed by atoms with Gasteiger partial charge in [-0.1, -0.05) is 26.0 Å². The Kier molecular flexibility index (Phi) is 5.01. The first-order valence-electron chi connectivity index (χ1n) is 7.26. The van der Waals surface area contributed by atoms with Gasteiger partial charge in [-0.15, -0.1) is 0 Å². The average Bonchev–Trinajstić information content (AvgIpc) is 2.46. The molecule has 1 aliphatic rings. The summed E-state index contributed by atoms with van der Waals surface area (Å²) in [6, 6.07) is 7.44. The zero-order valence-electron chi connectivity index (χ0n) is 12.6. The number of rotatable bonds is 4. The summed E-state index contributed by atoms with van der Waals surface area (Å²) in [5.74, 6) is 1.40. The summed E-state index contributed by atoms with van der Waals surface area (Å²) in [7, 11) is 1.60. The highest BCUT2D eigenvalue weighted by Gasteiger charge is 2.24. The van der Waals surface area contributed by atoms with E-state index in [0.29, 0.717) is 17.2 Å². The number of nitrogens with zero attached hydrogens (tertiary/aromatic N) is 2. The fourth-order valence-electron chi connectivity index (χ4n) is 2.64. The summed E-state index contributed by atoms with van der Waals surface area (Å²) in [5.41, 5.74) is 0.660. The third-order valence-electron chi connectivity index (χ3n) is 3.62. The fourth-order valence-corrected chi connectivity index (χ4v) is 2.64. The van der Waals surface area contributed by atoms with Gasteiger partial charge in [0.2, 0.25) is 0 Å². The molecule has 1 saturated heterocycles. The maximum absolute atomic E-state index is 12.5. The number of methoxy groups -OCH3 is 1. The number of piperazine rings is 1. The maximum atomic E-state index is 12.5. The van der Waals surface area contributed by atoms with Crippen LogP contribution in [0.25, 0.3) is 0 Å². The van der Waals surface area contributed by atoms with E-state index in [-0.39, 0.29) is 5.91 Å². The third kappa shape index (κ3) is 3.51. The highest BCUT2D eigenvalue weighted by molar-refractivity contribution is 5.97. The van der Waals surface area contributed by atoms with Crippen molar-refractivity contribution in [3.8, 4) is 5.75 Å². The molecule has 1 aromatic carbocycles. The molecule has 1 fully saturated rings. The number of carbonyl (C=O) groups excluding carboxylic acids is 1. The van der Waals surface area contributed by atoms with Crippen LogP contribution >= 0.6 is 0 Å². The Bertz CT molecular complexity index is 452. The summed E-state index contributed by atoms with van der Waals surface area (Å²) in [6.07, 6.45) is 0. The predicted octanol–water partition coefficient (Wildman–Crippen LogP) is 2.11. The van der Waals surface area contributed by atoms with E-state index >= 15 is 0 Å². The predicted molar refractivity (Wildman–Crippen MR) is 80.2 cm³/mol. The minimum atomic E-state index is 0.0756. The summed E-state index contributed by atoms with van der Waals surface area (Å²) in [4.78, 5) is 16.9. The van der Waals surface area contributed by atoms with E-state index in [1.54, 1.807) is 7.11 Å². The van der Waals surface area contributed by atoms with Gasteiger partial charge < -0.3 is 9.64 Å². The molecule has 4 heteroatoms. The molecule has 110 valence electrons. The van der Waals surface area contributed by atoms with Crippen molar-refractivity contribution in [2.75, 3.05) is 39.8 Å². The molecule has 0 unspecified atom stereocenters. The molecule has 0 spiro atoms. The molecule has 4 nitrogen and oxygen atoms in total. The van der Waals surface area contributed by atoms with Crippen LogP contribution in [0.4, 0.5) is 0 Å². The zero-order chi connectivity index (χ0) is 14.5. The number of carbonyl (C=O) groups is 1. The molecular formula is C16H24N2O2. The van der Waals surface area contributed by atoms with Crippen LogP contribution in [0.1, 0.15) is 24.2 Å². The first kappa shape index (κ1) is 14.9. The van der Waals surface area contributed by atoms with E-state index < -0.39 is 0 Å². The molecule has 0 N–H and O–H groups in total. The Hall–Kier alpha value is -1.55. The van der Waals surface area contributed by atoms with Crippen molar-refractivity contribution in [3.63, 3.8) is 0 Å². The third-order valence-corrected chi connectivity index (χ3v) is 3.62. The lowest BCUT2D eigenvalue weighted by Crippen LogP contribution is -2.49. The van der Waals surface area contributed by atoms with Gasteiger partial charge in [-0.2, -0.15) is 0 Å². The van der Waals surface area contributed by atoms with Crippen LogP contribution in [0.15, 0.2) is 24.3 Å². The standard InChI is InChI=1S/C16H24N2O2/c1-13(2)12-17-8-10-18(11-9-17)16(19)14-6-4-5-7-15(14)20-3/h4-7,13H,8-12H2,1-3H3. The second kappa shape index (κ2) is 6.75. The van der Waals surface area contributed by atoms with Crippen molar-refractivity contribution < 1.29 is 9.53 Å². The Labute approximate surface area is 121 Å². The number of benzene rings is 1. The smallest absolute Gasteiger partial charge is 0.257 e. The molecular weight excluding hydrogens is 252 g/mol. The van der Waals surface area contributed by atoms with Crippen molar-refractivity contribution in [2.45, 2.75) is 13.8 Å². The molecule has 0 saturated carbocycles.